The van der Waals surface area contributed by atoms with Crippen LogP contribution < -0.4 is 15.5 Å². The minimum absolute atomic E-state index is 0.0182. The van der Waals surface area contributed by atoms with Gasteiger partial charge in [0.15, 0.2) is 0 Å². The number of amides is 4. The van der Waals surface area contributed by atoms with Crippen LogP contribution in [0.3, 0.4) is 0 Å². The number of imide groups is 1. The highest BCUT2D eigenvalue weighted by molar-refractivity contribution is 7.88. The van der Waals surface area contributed by atoms with Crippen LogP contribution in [0.15, 0.2) is 23.6 Å². The van der Waals surface area contributed by atoms with Crippen molar-refractivity contribution < 1.29 is 27.9 Å². The molecule has 1 fully saturated rings. The number of thiophene rings is 1. The van der Waals surface area contributed by atoms with Gasteiger partial charge in [0.25, 0.3) is 5.91 Å². The average Bonchev–Trinajstić information content (AvgIpc) is 3.13. The lowest BCUT2D eigenvalue weighted by molar-refractivity contribution is -0.120. The first-order valence-corrected chi connectivity index (χ1v) is 13.2. The van der Waals surface area contributed by atoms with Crippen LogP contribution in [0.5, 0.6) is 5.75 Å². The SMILES string of the molecule is CN(Cc1csc(NC(=O)c2cc(N3CCC(=O)NC3=O)cc(C(C)(C)C)c2O)c1)S(C)(=O)=O. The topological polar surface area (TPSA) is 136 Å². The molecule has 10 nitrogen and oxygen atoms in total. The van der Waals surface area contributed by atoms with Gasteiger partial charge < -0.3 is 10.4 Å². The number of nitrogens with one attached hydrogen (secondary N) is 2. The third-order valence-corrected chi connectivity index (χ3v) is 7.53. The number of nitrogens with zero attached hydrogens (tertiary/aromatic N) is 2. The van der Waals surface area contributed by atoms with E-state index in [1.165, 1.54) is 33.7 Å². The van der Waals surface area contributed by atoms with Crippen LogP contribution in [-0.4, -0.2) is 55.5 Å². The van der Waals surface area contributed by atoms with Crippen molar-refractivity contribution in [1.82, 2.24) is 9.62 Å². The Labute approximate surface area is 202 Å². The largest absolute Gasteiger partial charge is 0.507 e. The minimum atomic E-state index is -3.35. The number of hydrogen-bond donors (Lipinski definition) is 3. The van der Waals surface area contributed by atoms with Crippen LogP contribution in [0.25, 0.3) is 0 Å². The van der Waals surface area contributed by atoms with E-state index in [4.69, 9.17) is 0 Å². The summed E-state index contributed by atoms with van der Waals surface area (Å²) in [7, 11) is -1.88. The van der Waals surface area contributed by atoms with Gasteiger partial charge in [0.1, 0.15) is 5.75 Å². The van der Waals surface area contributed by atoms with Crippen LogP contribution in [-0.2, 0) is 26.8 Å². The van der Waals surface area contributed by atoms with Crippen LogP contribution in [0, 0.1) is 0 Å². The fraction of sp³-hybridized carbons (Fsp3) is 0.409. The van der Waals surface area contributed by atoms with E-state index in [0.717, 1.165) is 6.26 Å². The Kier molecular flexibility index (Phi) is 7.06. The number of aromatic hydroxyl groups is 1. The summed E-state index contributed by atoms with van der Waals surface area (Å²) in [6.45, 7) is 5.93. The Morgan fingerprint density at radius 2 is 1.94 bits per heavy atom. The predicted octanol–water partition coefficient (Wildman–Crippen LogP) is 2.84. The Balaban J connectivity index is 1.92. The van der Waals surface area contributed by atoms with Crippen LogP contribution >= 0.6 is 11.3 Å². The molecule has 1 aromatic carbocycles. The normalized spacial score (nSPS) is 14.9. The Morgan fingerprint density at radius 1 is 1.26 bits per heavy atom. The van der Waals surface area contributed by atoms with Gasteiger partial charge >= 0.3 is 6.03 Å². The molecule has 0 unspecified atom stereocenters. The van der Waals surface area contributed by atoms with E-state index in [1.54, 1.807) is 17.5 Å². The second-order valence-electron chi connectivity index (χ2n) is 9.19. The van der Waals surface area contributed by atoms with Gasteiger partial charge in [0.05, 0.1) is 16.8 Å². The first-order chi connectivity index (χ1) is 15.7. The number of urea groups is 1. The molecule has 4 amide bonds. The number of phenolic OH excluding ortho intramolecular Hbond substituents is 1. The van der Waals surface area contributed by atoms with Crippen molar-refractivity contribution in [2.75, 3.05) is 30.1 Å². The number of rotatable bonds is 6. The molecule has 0 bridgehead atoms. The molecule has 0 atom stereocenters. The van der Waals surface area contributed by atoms with Gasteiger partial charge in [0, 0.05) is 37.8 Å². The molecule has 0 spiro atoms. The summed E-state index contributed by atoms with van der Waals surface area (Å²) in [6, 6.07) is 4.14. The summed E-state index contributed by atoms with van der Waals surface area (Å²) in [5.41, 5.74) is 1.01. The van der Waals surface area contributed by atoms with E-state index in [-0.39, 0.29) is 36.7 Å². The third-order valence-electron chi connectivity index (χ3n) is 5.37. The summed E-state index contributed by atoms with van der Waals surface area (Å²) < 4.78 is 24.5. The second kappa shape index (κ2) is 9.35. The third kappa shape index (κ3) is 5.75. The monoisotopic (exact) mass is 508 g/mol. The van der Waals surface area contributed by atoms with E-state index in [2.05, 4.69) is 10.6 Å². The Bertz CT molecular complexity index is 1250. The van der Waals surface area contributed by atoms with E-state index < -0.39 is 27.4 Å². The zero-order valence-corrected chi connectivity index (χ0v) is 21.3. The Morgan fingerprint density at radius 3 is 2.53 bits per heavy atom. The minimum Gasteiger partial charge on any atom is -0.507 e. The molecule has 2 aromatic rings. The zero-order valence-electron chi connectivity index (χ0n) is 19.6. The van der Waals surface area contributed by atoms with Gasteiger partial charge in [-0.3, -0.25) is 19.8 Å². The number of phenols is 1. The number of anilines is 2. The van der Waals surface area contributed by atoms with Crippen LogP contribution in [0.4, 0.5) is 15.5 Å². The molecule has 12 heteroatoms. The van der Waals surface area contributed by atoms with E-state index >= 15 is 0 Å². The summed E-state index contributed by atoms with van der Waals surface area (Å²) >= 11 is 1.23. The molecule has 1 aliphatic rings. The lowest BCUT2D eigenvalue weighted by atomic mass is 9.84. The van der Waals surface area contributed by atoms with E-state index in [9.17, 15) is 27.9 Å². The molecule has 3 rings (SSSR count). The molecule has 1 aliphatic heterocycles. The van der Waals surface area contributed by atoms with E-state index in [0.29, 0.717) is 21.8 Å². The molecule has 2 heterocycles. The second-order valence-corrected chi connectivity index (χ2v) is 12.2. The molecule has 34 heavy (non-hydrogen) atoms. The molecule has 3 N–H and O–H groups in total. The van der Waals surface area contributed by atoms with Gasteiger partial charge in [-0.05, 0) is 34.6 Å². The van der Waals surface area contributed by atoms with Crippen molar-refractivity contribution >= 4 is 49.9 Å². The van der Waals surface area contributed by atoms with Crippen molar-refractivity contribution in [2.45, 2.75) is 39.2 Å². The first-order valence-electron chi connectivity index (χ1n) is 10.5. The van der Waals surface area contributed by atoms with Crippen molar-refractivity contribution in [3.8, 4) is 5.75 Å². The predicted molar refractivity (Wildman–Crippen MR) is 131 cm³/mol. The quantitative estimate of drug-likeness (QED) is 0.549. The number of hydrogen-bond acceptors (Lipinski definition) is 7. The molecule has 0 aliphatic carbocycles. The van der Waals surface area contributed by atoms with Crippen molar-refractivity contribution in [2.24, 2.45) is 0 Å². The number of carbonyl (C=O) groups excluding carboxylic acids is 3. The summed E-state index contributed by atoms with van der Waals surface area (Å²) in [5, 5.41) is 18.1. The van der Waals surface area contributed by atoms with Gasteiger partial charge in [-0.15, -0.1) is 11.3 Å². The first kappa shape index (κ1) is 25.7. The highest BCUT2D eigenvalue weighted by atomic mass is 32.2. The molecule has 1 aromatic heterocycles. The zero-order chi connectivity index (χ0) is 25.4. The van der Waals surface area contributed by atoms with Gasteiger partial charge in [-0.1, -0.05) is 20.8 Å². The number of carbonyl (C=O) groups is 3. The van der Waals surface area contributed by atoms with Crippen molar-refractivity contribution in [1.29, 1.82) is 0 Å². The summed E-state index contributed by atoms with van der Waals surface area (Å²) in [6.07, 6.45) is 1.24. The van der Waals surface area contributed by atoms with Gasteiger partial charge in [-0.2, -0.15) is 0 Å². The lowest BCUT2D eigenvalue weighted by Crippen LogP contribution is -2.49. The van der Waals surface area contributed by atoms with E-state index in [1.807, 2.05) is 20.8 Å². The Hall–Kier alpha value is -2.96. The van der Waals surface area contributed by atoms with Crippen molar-refractivity contribution in [3.63, 3.8) is 0 Å². The maximum atomic E-state index is 13.1. The summed E-state index contributed by atoms with van der Waals surface area (Å²) in [5.74, 6) is -1.15. The van der Waals surface area contributed by atoms with Crippen molar-refractivity contribution in [3.05, 3.63) is 40.3 Å². The lowest BCUT2D eigenvalue weighted by Gasteiger charge is -2.29. The smallest absolute Gasteiger partial charge is 0.328 e. The van der Waals surface area contributed by atoms with Crippen LogP contribution in [0.1, 0.15) is 48.7 Å². The fourth-order valence-electron chi connectivity index (χ4n) is 3.41. The van der Waals surface area contributed by atoms with Gasteiger partial charge in [0.2, 0.25) is 15.9 Å². The maximum absolute atomic E-state index is 13.1. The molecule has 0 saturated carbocycles. The highest BCUT2D eigenvalue weighted by Gasteiger charge is 2.30. The molecular formula is C22H28N4O6S2. The molecule has 0 radical (unpaired) electrons. The number of sulfonamides is 1. The summed E-state index contributed by atoms with van der Waals surface area (Å²) in [4.78, 5) is 38.4. The standard InChI is InChI=1S/C22H28N4O6S2/c1-22(2,3)16-10-14(26-7-6-17(27)23-21(26)30)9-15(19(16)28)20(29)24-18-8-13(12-33-18)11-25(4)34(5,31)32/h8-10,12,28H,6-7,11H2,1-5H3,(H,24,29)(H,23,27,30). The maximum Gasteiger partial charge on any atom is 0.328 e. The highest BCUT2D eigenvalue weighted by Crippen LogP contribution is 2.38. The fourth-order valence-corrected chi connectivity index (χ4v) is 4.58. The molecule has 184 valence electrons. The van der Waals surface area contributed by atoms with Crippen LogP contribution in [0.2, 0.25) is 0 Å². The molecular weight excluding hydrogens is 480 g/mol. The van der Waals surface area contributed by atoms with Gasteiger partial charge in [-0.25, -0.2) is 17.5 Å². The molecule has 1 saturated heterocycles. The number of benzene rings is 1. The average molecular weight is 509 g/mol.